The van der Waals surface area contributed by atoms with Crippen molar-refractivity contribution in [1.82, 2.24) is 9.78 Å². The first-order valence-corrected chi connectivity index (χ1v) is 5.96. The van der Waals surface area contributed by atoms with Gasteiger partial charge < -0.3 is 14.0 Å². The number of hydrogen-bond acceptors (Lipinski definition) is 4. The van der Waals surface area contributed by atoms with Crippen molar-refractivity contribution in [3.8, 4) is 5.88 Å². The van der Waals surface area contributed by atoms with Gasteiger partial charge in [0.05, 0.1) is 16.7 Å². The average molecular weight is 274 g/mol. The number of rotatable bonds is 3. The molecule has 0 aromatic carbocycles. The highest BCUT2D eigenvalue weighted by Crippen LogP contribution is 2.37. The lowest BCUT2D eigenvalue weighted by Crippen LogP contribution is -2.41. The molecule has 106 valence electrons. The number of halogens is 2. The van der Waals surface area contributed by atoms with Gasteiger partial charge in [0.1, 0.15) is 0 Å². The van der Waals surface area contributed by atoms with Crippen LogP contribution in [0.2, 0.25) is 0 Å². The number of aryl methyl sites for hydroxylation is 1. The molecule has 5 nitrogen and oxygen atoms in total. The number of nitrogens with zero attached hydrogens (tertiary/aromatic N) is 2. The molecule has 1 aromatic rings. The second kappa shape index (κ2) is 4.45. The van der Waals surface area contributed by atoms with Gasteiger partial charge in [-0.25, -0.2) is 0 Å². The summed E-state index contributed by atoms with van der Waals surface area (Å²) >= 11 is 0. The van der Waals surface area contributed by atoms with Crippen LogP contribution in [0.15, 0.2) is 6.20 Å². The maximum absolute atomic E-state index is 12.3. The molecule has 0 amide bonds. The third-order valence-corrected chi connectivity index (χ3v) is 3.53. The van der Waals surface area contributed by atoms with Gasteiger partial charge in [-0.1, -0.05) is 0 Å². The van der Waals surface area contributed by atoms with E-state index in [1.54, 1.807) is 13.2 Å². The molecule has 0 N–H and O–H groups in total. The van der Waals surface area contributed by atoms with Gasteiger partial charge in [0.25, 0.3) is 0 Å². The van der Waals surface area contributed by atoms with Crippen LogP contribution in [-0.2, 0) is 16.4 Å². The summed E-state index contributed by atoms with van der Waals surface area (Å²) < 4.78 is 42.0. The molecule has 1 aliphatic heterocycles. The zero-order valence-corrected chi connectivity index (χ0v) is 11.6. The maximum atomic E-state index is 12.3. The van der Waals surface area contributed by atoms with Crippen LogP contribution in [-0.4, -0.2) is 34.7 Å². The Labute approximate surface area is 111 Å². The van der Waals surface area contributed by atoms with Crippen molar-refractivity contribution in [1.29, 1.82) is 0 Å². The van der Waals surface area contributed by atoms with E-state index in [0.717, 1.165) is 0 Å². The molecule has 0 atom stereocenters. The van der Waals surface area contributed by atoms with Gasteiger partial charge in [0, 0.05) is 13.2 Å². The Hall–Kier alpha value is -1.15. The minimum atomic E-state index is -2.93. The van der Waals surface area contributed by atoms with Crippen LogP contribution < -0.4 is 10.2 Å². The zero-order chi connectivity index (χ0) is 14.4. The fourth-order valence-corrected chi connectivity index (χ4v) is 1.79. The molecule has 0 radical (unpaired) electrons. The van der Waals surface area contributed by atoms with Gasteiger partial charge in [0.2, 0.25) is 5.88 Å². The van der Waals surface area contributed by atoms with Crippen molar-refractivity contribution in [2.75, 3.05) is 0 Å². The van der Waals surface area contributed by atoms with Gasteiger partial charge >= 0.3 is 13.7 Å². The zero-order valence-electron chi connectivity index (χ0n) is 11.6. The Morgan fingerprint density at radius 2 is 1.79 bits per heavy atom. The van der Waals surface area contributed by atoms with Crippen molar-refractivity contribution in [2.24, 2.45) is 7.05 Å². The standard InChI is InChI=1S/C11H17BF2N2O3/c1-10(2)11(3,4)19-12(18-10)7-6-16(5)15-8(7)17-9(13)14/h6,9H,1-5H3. The molecule has 1 aromatic heterocycles. The number of hydrogen-bond donors (Lipinski definition) is 0. The molecule has 1 saturated heterocycles. The van der Waals surface area contributed by atoms with Gasteiger partial charge in [0.15, 0.2) is 0 Å². The highest BCUT2D eigenvalue weighted by atomic mass is 19.3. The van der Waals surface area contributed by atoms with Crippen LogP contribution in [0.25, 0.3) is 0 Å². The molecule has 1 fully saturated rings. The molecule has 8 heteroatoms. The highest BCUT2D eigenvalue weighted by molar-refractivity contribution is 6.63. The van der Waals surface area contributed by atoms with E-state index in [9.17, 15) is 8.78 Å². The molecule has 0 saturated carbocycles. The van der Waals surface area contributed by atoms with Crippen molar-refractivity contribution in [3.63, 3.8) is 0 Å². The molecular weight excluding hydrogens is 257 g/mol. The summed E-state index contributed by atoms with van der Waals surface area (Å²) in [5, 5.41) is 3.85. The topological polar surface area (TPSA) is 45.5 Å². The Morgan fingerprint density at radius 3 is 2.26 bits per heavy atom. The lowest BCUT2D eigenvalue weighted by Gasteiger charge is -2.32. The SMILES string of the molecule is Cn1cc(B2OC(C)(C)C(C)(C)O2)c(OC(F)F)n1. The van der Waals surface area contributed by atoms with E-state index in [4.69, 9.17) is 9.31 Å². The molecule has 0 aliphatic carbocycles. The minimum Gasteiger partial charge on any atom is -0.416 e. The maximum Gasteiger partial charge on any atom is 0.502 e. The third-order valence-electron chi connectivity index (χ3n) is 3.53. The highest BCUT2D eigenvalue weighted by Gasteiger charge is 2.53. The Bertz CT molecular complexity index is 461. The monoisotopic (exact) mass is 274 g/mol. The fourth-order valence-electron chi connectivity index (χ4n) is 1.79. The molecule has 2 heterocycles. The van der Waals surface area contributed by atoms with Gasteiger partial charge in [-0.05, 0) is 27.7 Å². The average Bonchev–Trinajstić information content (AvgIpc) is 2.65. The summed E-state index contributed by atoms with van der Waals surface area (Å²) in [5.74, 6) is -0.170. The summed E-state index contributed by atoms with van der Waals surface area (Å²) in [5.41, 5.74) is -0.730. The second-order valence-corrected chi connectivity index (χ2v) is 5.53. The molecule has 19 heavy (non-hydrogen) atoms. The lowest BCUT2D eigenvalue weighted by molar-refractivity contribution is -0.0525. The first kappa shape index (κ1) is 14.3. The van der Waals surface area contributed by atoms with E-state index < -0.39 is 24.9 Å². The van der Waals surface area contributed by atoms with Crippen LogP contribution in [0.4, 0.5) is 8.78 Å². The van der Waals surface area contributed by atoms with Gasteiger partial charge in [-0.15, -0.1) is 5.10 Å². The predicted molar refractivity (Wildman–Crippen MR) is 65.6 cm³/mol. The molecule has 0 unspecified atom stereocenters. The molecule has 0 bridgehead atoms. The summed E-state index contributed by atoms with van der Waals surface area (Å²) in [6, 6.07) is 0. The molecule has 0 spiro atoms. The summed E-state index contributed by atoms with van der Waals surface area (Å²) in [6.07, 6.45) is 1.56. The van der Waals surface area contributed by atoms with Crippen LogP contribution in [0, 0.1) is 0 Å². The Kier molecular flexibility index (Phi) is 3.34. The van der Waals surface area contributed by atoms with E-state index in [-0.39, 0.29) is 5.88 Å². The van der Waals surface area contributed by atoms with Crippen molar-refractivity contribution < 1.29 is 22.8 Å². The molecule has 1 aliphatic rings. The Morgan fingerprint density at radius 1 is 1.26 bits per heavy atom. The third kappa shape index (κ3) is 2.60. The van der Waals surface area contributed by atoms with Crippen LogP contribution in [0.1, 0.15) is 27.7 Å². The van der Waals surface area contributed by atoms with Gasteiger partial charge in [-0.3, -0.25) is 4.68 Å². The Balaban J connectivity index is 2.29. The smallest absolute Gasteiger partial charge is 0.416 e. The molecular formula is C11H17BF2N2O3. The van der Waals surface area contributed by atoms with Crippen molar-refractivity contribution in [2.45, 2.75) is 45.5 Å². The largest absolute Gasteiger partial charge is 0.502 e. The number of ether oxygens (including phenoxy) is 1. The normalized spacial score (nSPS) is 21.2. The quantitative estimate of drug-likeness (QED) is 0.780. The van der Waals surface area contributed by atoms with Crippen LogP contribution in [0.5, 0.6) is 5.88 Å². The van der Waals surface area contributed by atoms with Crippen molar-refractivity contribution in [3.05, 3.63) is 6.20 Å². The van der Waals surface area contributed by atoms with E-state index in [0.29, 0.717) is 5.46 Å². The minimum absolute atomic E-state index is 0.170. The van der Waals surface area contributed by atoms with E-state index in [1.165, 1.54) is 4.68 Å². The van der Waals surface area contributed by atoms with Crippen LogP contribution in [0.3, 0.4) is 0 Å². The second-order valence-electron chi connectivity index (χ2n) is 5.53. The fraction of sp³-hybridized carbons (Fsp3) is 0.727. The summed E-state index contributed by atoms with van der Waals surface area (Å²) in [4.78, 5) is 0. The number of aromatic nitrogens is 2. The summed E-state index contributed by atoms with van der Waals surface area (Å²) in [6.45, 7) is 4.61. The van der Waals surface area contributed by atoms with Crippen molar-refractivity contribution >= 4 is 12.6 Å². The first-order valence-electron chi connectivity index (χ1n) is 5.96. The predicted octanol–water partition coefficient (Wildman–Crippen LogP) is 1.32. The van der Waals surface area contributed by atoms with E-state index in [2.05, 4.69) is 9.84 Å². The van der Waals surface area contributed by atoms with Gasteiger partial charge in [-0.2, -0.15) is 8.78 Å². The number of alkyl halides is 2. The van der Waals surface area contributed by atoms with E-state index >= 15 is 0 Å². The van der Waals surface area contributed by atoms with E-state index in [1.807, 2.05) is 27.7 Å². The molecule has 2 rings (SSSR count). The van der Waals surface area contributed by atoms with Crippen LogP contribution >= 0.6 is 0 Å². The summed E-state index contributed by atoms with van der Waals surface area (Å²) in [7, 11) is 0.847. The lowest BCUT2D eigenvalue weighted by atomic mass is 9.81. The first-order chi connectivity index (χ1) is 8.62.